The molecule has 0 amide bonds. The van der Waals surface area contributed by atoms with Gasteiger partial charge in [-0.25, -0.2) is 0 Å². The number of halogens is 1. The van der Waals surface area contributed by atoms with E-state index in [0.29, 0.717) is 0 Å². The molecule has 2 heteroatoms. The van der Waals surface area contributed by atoms with Crippen molar-refractivity contribution in [2.75, 3.05) is 7.11 Å². The molecule has 0 spiro atoms. The predicted molar refractivity (Wildman–Crippen MR) is 51.6 cm³/mol. The van der Waals surface area contributed by atoms with Gasteiger partial charge in [-0.1, -0.05) is 17.7 Å². The van der Waals surface area contributed by atoms with E-state index < -0.39 is 0 Å². The van der Waals surface area contributed by atoms with Crippen LogP contribution >= 0.6 is 11.6 Å². The molecule has 1 unspecified atom stereocenters. The van der Waals surface area contributed by atoms with Crippen molar-refractivity contribution in [3.63, 3.8) is 0 Å². The van der Waals surface area contributed by atoms with Gasteiger partial charge < -0.3 is 4.74 Å². The van der Waals surface area contributed by atoms with Crippen LogP contribution in [0.5, 0.6) is 0 Å². The van der Waals surface area contributed by atoms with E-state index in [1.165, 1.54) is 11.1 Å². The lowest BCUT2D eigenvalue weighted by Crippen LogP contribution is -1.97. The molecule has 66 valence electrons. The Labute approximate surface area is 78.3 Å². The topological polar surface area (TPSA) is 9.23 Å². The molecule has 1 nitrogen and oxygen atoms in total. The van der Waals surface area contributed by atoms with Crippen molar-refractivity contribution in [2.24, 2.45) is 0 Å². The third-order valence-corrected chi connectivity index (χ3v) is 2.26. The molecule has 0 saturated carbocycles. The van der Waals surface area contributed by atoms with Gasteiger partial charge in [0.1, 0.15) is 0 Å². The van der Waals surface area contributed by atoms with Crippen molar-refractivity contribution in [1.82, 2.24) is 0 Å². The molecule has 0 aromatic heterocycles. The molecule has 1 aromatic rings. The molecule has 12 heavy (non-hydrogen) atoms. The van der Waals surface area contributed by atoms with Gasteiger partial charge in [0.15, 0.2) is 0 Å². The number of hydrogen-bond donors (Lipinski definition) is 0. The van der Waals surface area contributed by atoms with Gasteiger partial charge >= 0.3 is 0 Å². The van der Waals surface area contributed by atoms with E-state index in [1.54, 1.807) is 7.11 Å². The third-order valence-electron chi connectivity index (χ3n) is 2.02. The van der Waals surface area contributed by atoms with Crippen LogP contribution in [-0.2, 0) is 4.74 Å². The Morgan fingerprint density at radius 2 is 2.08 bits per heavy atom. The maximum absolute atomic E-state index is 5.82. The van der Waals surface area contributed by atoms with E-state index in [4.69, 9.17) is 16.3 Å². The first kappa shape index (κ1) is 9.56. The van der Waals surface area contributed by atoms with E-state index >= 15 is 0 Å². The number of benzene rings is 1. The van der Waals surface area contributed by atoms with Crippen LogP contribution in [0.1, 0.15) is 24.2 Å². The standard InChI is InChI=1S/C10H13ClO/c1-7-6-9(11)4-5-10(7)8(2)12-3/h4-6,8H,1-3H3. The molecule has 0 aliphatic rings. The van der Waals surface area contributed by atoms with Crippen molar-refractivity contribution in [3.05, 3.63) is 34.3 Å². The quantitative estimate of drug-likeness (QED) is 0.685. The second-order valence-electron chi connectivity index (χ2n) is 2.88. The van der Waals surface area contributed by atoms with Crippen molar-refractivity contribution in [3.8, 4) is 0 Å². The van der Waals surface area contributed by atoms with Crippen LogP contribution in [0.15, 0.2) is 18.2 Å². The average molecular weight is 185 g/mol. The summed E-state index contributed by atoms with van der Waals surface area (Å²) in [5.41, 5.74) is 2.37. The number of aryl methyl sites for hydroxylation is 1. The molecule has 0 N–H and O–H groups in total. The van der Waals surface area contributed by atoms with Crippen molar-refractivity contribution >= 4 is 11.6 Å². The largest absolute Gasteiger partial charge is 0.377 e. The summed E-state index contributed by atoms with van der Waals surface area (Å²) >= 11 is 5.82. The maximum atomic E-state index is 5.82. The second kappa shape index (κ2) is 3.92. The highest BCUT2D eigenvalue weighted by Gasteiger charge is 2.06. The minimum atomic E-state index is 0.141. The number of hydrogen-bond acceptors (Lipinski definition) is 1. The fourth-order valence-corrected chi connectivity index (χ4v) is 1.45. The molecule has 1 rings (SSSR count). The van der Waals surface area contributed by atoms with Gasteiger partial charge in [0.2, 0.25) is 0 Å². The summed E-state index contributed by atoms with van der Waals surface area (Å²) in [6, 6.07) is 5.84. The van der Waals surface area contributed by atoms with Crippen LogP contribution in [0, 0.1) is 6.92 Å². The van der Waals surface area contributed by atoms with Gasteiger partial charge in [-0.15, -0.1) is 0 Å². The summed E-state index contributed by atoms with van der Waals surface area (Å²) in [6.07, 6.45) is 0.141. The Kier molecular flexibility index (Phi) is 3.12. The van der Waals surface area contributed by atoms with Crippen LogP contribution in [0.25, 0.3) is 0 Å². The maximum Gasteiger partial charge on any atom is 0.0795 e. The summed E-state index contributed by atoms with van der Waals surface area (Å²) < 4.78 is 5.21. The molecule has 1 atom stereocenters. The SMILES string of the molecule is COC(C)c1ccc(Cl)cc1C. The number of ether oxygens (including phenoxy) is 1. The first-order chi connectivity index (χ1) is 5.65. The van der Waals surface area contributed by atoms with E-state index in [-0.39, 0.29) is 6.10 Å². The van der Waals surface area contributed by atoms with Gasteiger partial charge in [-0.2, -0.15) is 0 Å². The Morgan fingerprint density at radius 3 is 2.58 bits per heavy atom. The van der Waals surface area contributed by atoms with Gasteiger partial charge in [0.25, 0.3) is 0 Å². The summed E-state index contributed by atoms with van der Waals surface area (Å²) in [5, 5.41) is 0.777. The van der Waals surface area contributed by atoms with Crippen LogP contribution in [0.3, 0.4) is 0 Å². The monoisotopic (exact) mass is 184 g/mol. The molecule has 0 aliphatic heterocycles. The van der Waals surface area contributed by atoms with Crippen LogP contribution in [0.2, 0.25) is 5.02 Å². The molecule has 0 bridgehead atoms. The first-order valence-corrected chi connectivity index (χ1v) is 4.31. The fourth-order valence-electron chi connectivity index (χ4n) is 1.22. The smallest absolute Gasteiger partial charge is 0.0795 e. The highest BCUT2D eigenvalue weighted by molar-refractivity contribution is 6.30. The molecular weight excluding hydrogens is 172 g/mol. The number of methoxy groups -OCH3 is 1. The third kappa shape index (κ3) is 1.99. The minimum Gasteiger partial charge on any atom is -0.377 e. The Morgan fingerprint density at radius 1 is 1.42 bits per heavy atom. The number of rotatable bonds is 2. The highest BCUT2D eigenvalue weighted by atomic mass is 35.5. The zero-order valence-corrected chi connectivity index (χ0v) is 8.35. The summed E-state index contributed by atoms with van der Waals surface area (Å²) in [5.74, 6) is 0. The summed E-state index contributed by atoms with van der Waals surface area (Å²) in [7, 11) is 1.71. The second-order valence-corrected chi connectivity index (χ2v) is 3.32. The first-order valence-electron chi connectivity index (χ1n) is 3.94. The zero-order chi connectivity index (χ0) is 9.14. The van der Waals surface area contributed by atoms with Crippen LogP contribution < -0.4 is 0 Å². The molecule has 1 aromatic carbocycles. The minimum absolute atomic E-state index is 0.141. The Bertz CT molecular complexity index is 271. The van der Waals surface area contributed by atoms with E-state index in [1.807, 2.05) is 32.0 Å². The van der Waals surface area contributed by atoms with Crippen molar-refractivity contribution in [2.45, 2.75) is 20.0 Å². The normalized spacial score (nSPS) is 13.0. The van der Waals surface area contributed by atoms with Gasteiger partial charge in [0.05, 0.1) is 6.10 Å². The van der Waals surface area contributed by atoms with Crippen molar-refractivity contribution < 1.29 is 4.74 Å². The Hall–Kier alpha value is -0.530. The molecule has 0 radical (unpaired) electrons. The molecular formula is C10H13ClO. The lowest BCUT2D eigenvalue weighted by molar-refractivity contribution is 0.119. The molecule has 0 saturated heterocycles. The fraction of sp³-hybridized carbons (Fsp3) is 0.400. The molecule has 0 aliphatic carbocycles. The highest BCUT2D eigenvalue weighted by Crippen LogP contribution is 2.22. The summed E-state index contributed by atoms with van der Waals surface area (Å²) in [4.78, 5) is 0. The Balaban J connectivity index is 3.01. The lowest BCUT2D eigenvalue weighted by atomic mass is 10.0. The summed E-state index contributed by atoms with van der Waals surface area (Å²) in [6.45, 7) is 4.06. The van der Waals surface area contributed by atoms with E-state index in [2.05, 4.69) is 0 Å². The van der Waals surface area contributed by atoms with Crippen LogP contribution in [0.4, 0.5) is 0 Å². The van der Waals surface area contributed by atoms with Gasteiger partial charge in [-0.05, 0) is 37.1 Å². The predicted octanol–water partition coefficient (Wildman–Crippen LogP) is 3.36. The van der Waals surface area contributed by atoms with E-state index in [9.17, 15) is 0 Å². The van der Waals surface area contributed by atoms with Crippen LogP contribution in [-0.4, -0.2) is 7.11 Å². The molecule has 0 fully saturated rings. The van der Waals surface area contributed by atoms with Gasteiger partial charge in [-0.3, -0.25) is 0 Å². The van der Waals surface area contributed by atoms with Crippen molar-refractivity contribution in [1.29, 1.82) is 0 Å². The van der Waals surface area contributed by atoms with Gasteiger partial charge in [0, 0.05) is 12.1 Å². The zero-order valence-electron chi connectivity index (χ0n) is 7.60. The lowest BCUT2D eigenvalue weighted by Gasteiger charge is -2.12. The molecule has 0 heterocycles. The average Bonchev–Trinajstić information content (AvgIpc) is 2.03. The van der Waals surface area contributed by atoms with E-state index in [0.717, 1.165) is 5.02 Å².